The van der Waals surface area contributed by atoms with E-state index in [2.05, 4.69) is 30.3 Å². The number of nitrogens with one attached hydrogen (secondary N) is 1. The SMILES string of the molecule is Nc1nc(Nc2ccc(OCCN3CCCC3)cc2)nn1-c1ccncn1. The van der Waals surface area contributed by atoms with Crippen LogP contribution in [0.1, 0.15) is 12.8 Å². The van der Waals surface area contributed by atoms with Crippen molar-refractivity contribution in [3.8, 4) is 11.6 Å². The van der Waals surface area contributed by atoms with Crippen molar-refractivity contribution in [3.63, 3.8) is 0 Å². The zero-order valence-electron chi connectivity index (χ0n) is 15.0. The van der Waals surface area contributed by atoms with Gasteiger partial charge in [0.05, 0.1) is 0 Å². The van der Waals surface area contributed by atoms with Gasteiger partial charge in [-0.25, -0.2) is 9.97 Å². The van der Waals surface area contributed by atoms with Crippen molar-refractivity contribution in [1.29, 1.82) is 0 Å². The number of rotatable bonds is 7. The Morgan fingerprint density at radius 1 is 1.11 bits per heavy atom. The molecule has 1 fully saturated rings. The minimum atomic E-state index is 0.248. The van der Waals surface area contributed by atoms with E-state index in [9.17, 15) is 0 Å². The van der Waals surface area contributed by atoms with Gasteiger partial charge in [0.15, 0.2) is 5.82 Å². The number of ether oxygens (including phenoxy) is 1. The molecular formula is C18H22N8O. The molecule has 4 rings (SSSR count). The summed E-state index contributed by atoms with van der Waals surface area (Å²) < 4.78 is 7.27. The molecule has 0 unspecified atom stereocenters. The van der Waals surface area contributed by atoms with Gasteiger partial charge in [-0.15, -0.1) is 5.10 Å². The topological polar surface area (TPSA) is 107 Å². The van der Waals surface area contributed by atoms with Crippen LogP contribution in [0.3, 0.4) is 0 Å². The Morgan fingerprint density at radius 2 is 1.93 bits per heavy atom. The Labute approximate surface area is 157 Å². The van der Waals surface area contributed by atoms with Crippen LogP contribution in [0, 0.1) is 0 Å². The number of anilines is 3. The number of hydrogen-bond donors (Lipinski definition) is 2. The lowest BCUT2D eigenvalue weighted by molar-refractivity contribution is 0.238. The number of aromatic nitrogens is 5. The van der Waals surface area contributed by atoms with Crippen molar-refractivity contribution >= 4 is 17.6 Å². The number of nitrogen functional groups attached to an aromatic ring is 1. The van der Waals surface area contributed by atoms with E-state index in [1.165, 1.54) is 36.9 Å². The minimum Gasteiger partial charge on any atom is -0.492 e. The fraction of sp³-hybridized carbons (Fsp3) is 0.333. The van der Waals surface area contributed by atoms with Crippen molar-refractivity contribution in [2.75, 3.05) is 37.3 Å². The maximum absolute atomic E-state index is 5.92. The molecule has 0 aliphatic carbocycles. The number of likely N-dealkylation sites (tertiary alicyclic amines) is 1. The molecule has 1 aliphatic heterocycles. The third-order valence-electron chi connectivity index (χ3n) is 4.40. The zero-order chi connectivity index (χ0) is 18.5. The molecule has 9 nitrogen and oxygen atoms in total. The van der Waals surface area contributed by atoms with Crippen LogP contribution in [0.4, 0.5) is 17.6 Å². The third kappa shape index (κ3) is 4.32. The summed E-state index contributed by atoms with van der Waals surface area (Å²) in [4.78, 5) is 14.7. The molecule has 140 valence electrons. The molecule has 0 radical (unpaired) electrons. The smallest absolute Gasteiger partial charge is 0.248 e. The highest BCUT2D eigenvalue weighted by Crippen LogP contribution is 2.20. The molecule has 2 aromatic heterocycles. The molecule has 3 heterocycles. The van der Waals surface area contributed by atoms with E-state index in [4.69, 9.17) is 10.5 Å². The molecule has 1 aromatic carbocycles. The predicted molar refractivity (Wildman–Crippen MR) is 102 cm³/mol. The summed E-state index contributed by atoms with van der Waals surface area (Å²) in [5, 5.41) is 7.47. The van der Waals surface area contributed by atoms with E-state index < -0.39 is 0 Å². The summed E-state index contributed by atoms with van der Waals surface area (Å²) >= 11 is 0. The van der Waals surface area contributed by atoms with Crippen LogP contribution in [-0.4, -0.2) is 55.9 Å². The molecule has 0 saturated carbocycles. The molecular weight excluding hydrogens is 344 g/mol. The van der Waals surface area contributed by atoms with Gasteiger partial charge in [-0.2, -0.15) is 9.67 Å². The predicted octanol–water partition coefficient (Wildman–Crippen LogP) is 1.86. The zero-order valence-corrected chi connectivity index (χ0v) is 15.0. The largest absolute Gasteiger partial charge is 0.492 e. The standard InChI is InChI=1S/C18H22N8O/c19-17-23-18(24-26(17)16-7-8-20-13-21-16)22-14-3-5-15(6-4-14)27-12-11-25-9-1-2-10-25/h3-8,13H,1-2,9-12H2,(H3,19,22,23,24). The first-order valence-electron chi connectivity index (χ1n) is 8.99. The molecule has 0 atom stereocenters. The first-order chi connectivity index (χ1) is 13.3. The highest BCUT2D eigenvalue weighted by molar-refractivity contribution is 5.55. The van der Waals surface area contributed by atoms with E-state index >= 15 is 0 Å². The van der Waals surface area contributed by atoms with Crippen LogP contribution in [0.5, 0.6) is 5.75 Å². The van der Waals surface area contributed by atoms with Gasteiger partial charge in [0.1, 0.15) is 18.7 Å². The average molecular weight is 366 g/mol. The van der Waals surface area contributed by atoms with E-state index in [1.54, 1.807) is 12.3 Å². The van der Waals surface area contributed by atoms with Gasteiger partial charge in [0, 0.05) is 24.5 Å². The van der Waals surface area contributed by atoms with Crippen LogP contribution in [0.25, 0.3) is 5.82 Å². The van der Waals surface area contributed by atoms with Crippen LogP contribution in [0.15, 0.2) is 42.9 Å². The van der Waals surface area contributed by atoms with Gasteiger partial charge in [0.25, 0.3) is 0 Å². The maximum Gasteiger partial charge on any atom is 0.248 e. The van der Waals surface area contributed by atoms with Crippen molar-refractivity contribution in [1.82, 2.24) is 29.6 Å². The first kappa shape index (κ1) is 17.2. The Bertz CT molecular complexity index is 859. The Hall–Kier alpha value is -3.20. The highest BCUT2D eigenvalue weighted by Gasteiger charge is 2.11. The van der Waals surface area contributed by atoms with Gasteiger partial charge in [-0.05, 0) is 50.2 Å². The van der Waals surface area contributed by atoms with Crippen LogP contribution >= 0.6 is 0 Å². The number of nitrogens with zero attached hydrogens (tertiary/aromatic N) is 6. The minimum absolute atomic E-state index is 0.248. The molecule has 0 amide bonds. The molecule has 3 N–H and O–H groups in total. The molecule has 3 aromatic rings. The second kappa shape index (κ2) is 8.00. The molecule has 0 spiro atoms. The van der Waals surface area contributed by atoms with Gasteiger partial charge < -0.3 is 15.8 Å². The van der Waals surface area contributed by atoms with E-state index in [0.29, 0.717) is 18.4 Å². The maximum atomic E-state index is 5.92. The second-order valence-corrected chi connectivity index (χ2v) is 6.32. The summed E-state index contributed by atoms with van der Waals surface area (Å²) in [6.45, 7) is 4.05. The van der Waals surface area contributed by atoms with Gasteiger partial charge in [-0.1, -0.05) is 0 Å². The van der Waals surface area contributed by atoms with Crippen LogP contribution < -0.4 is 15.8 Å². The monoisotopic (exact) mass is 366 g/mol. The van der Waals surface area contributed by atoms with E-state index in [-0.39, 0.29) is 5.95 Å². The first-order valence-corrected chi connectivity index (χ1v) is 8.99. The van der Waals surface area contributed by atoms with E-state index in [1.807, 2.05) is 24.3 Å². The highest BCUT2D eigenvalue weighted by atomic mass is 16.5. The molecule has 0 bridgehead atoms. The molecule has 27 heavy (non-hydrogen) atoms. The van der Waals surface area contributed by atoms with Gasteiger partial charge in [-0.3, -0.25) is 4.90 Å². The van der Waals surface area contributed by atoms with Crippen molar-refractivity contribution in [2.24, 2.45) is 0 Å². The number of hydrogen-bond acceptors (Lipinski definition) is 8. The molecule has 1 saturated heterocycles. The fourth-order valence-corrected chi connectivity index (χ4v) is 3.02. The van der Waals surface area contributed by atoms with Crippen LogP contribution in [0.2, 0.25) is 0 Å². The number of nitrogens with two attached hydrogens (primary N) is 1. The summed E-state index contributed by atoms with van der Waals surface area (Å²) in [6.07, 6.45) is 5.66. The van der Waals surface area contributed by atoms with Crippen molar-refractivity contribution in [2.45, 2.75) is 12.8 Å². The van der Waals surface area contributed by atoms with Crippen molar-refractivity contribution < 1.29 is 4.74 Å². The molecule has 1 aliphatic rings. The van der Waals surface area contributed by atoms with Crippen LogP contribution in [-0.2, 0) is 0 Å². The Morgan fingerprint density at radius 3 is 2.67 bits per heavy atom. The van der Waals surface area contributed by atoms with Gasteiger partial charge in [0.2, 0.25) is 11.9 Å². The summed E-state index contributed by atoms with van der Waals surface area (Å²) in [7, 11) is 0. The molecule has 9 heteroatoms. The third-order valence-corrected chi connectivity index (χ3v) is 4.40. The van der Waals surface area contributed by atoms with E-state index in [0.717, 1.165) is 18.0 Å². The lowest BCUT2D eigenvalue weighted by atomic mass is 10.3. The lowest BCUT2D eigenvalue weighted by Gasteiger charge is -2.15. The Balaban J connectivity index is 1.34. The number of benzene rings is 1. The fourth-order valence-electron chi connectivity index (χ4n) is 3.02. The quantitative estimate of drug-likeness (QED) is 0.652. The van der Waals surface area contributed by atoms with Crippen molar-refractivity contribution in [3.05, 3.63) is 42.9 Å². The Kier molecular flexibility index (Phi) is 5.10. The lowest BCUT2D eigenvalue weighted by Crippen LogP contribution is -2.25. The summed E-state index contributed by atoms with van der Waals surface area (Å²) in [6, 6.07) is 9.41. The summed E-state index contributed by atoms with van der Waals surface area (Å²) in [5.74, 6) is 2.05. The van der Waals surface area contributed by atoms with Gasteiger partial charge >= 0.3 is 0 Å². The average Bonchev–Trinajstić information content (AvgIpc) is 3.34. The second-order valence-electron chi connectivity index (χ2n) is 6.32. The normalized spacial score (nSPS) is 14.4. The summed E-state index contributed by atoms with van der Waals surface area (Å²) in [5.41, 5.74) is 6.77.